The molecule has 2 aromatic carbocycles. The van der Waals surface area contributed by atoms with Crippen LogP contribution in [-0.2, 0) is 16.0 Å². The Morgan fingerprint density at radius 2 is 1.87 bits per heavy atom. The summed E-state index contributed by atoms with van der Waals surface area (Å²) in [4.78, 5) is 23.9. The number of hydrogen-bond donors (Lipinski definition) is 1. The Kier molecular flexibility index (Phi) is 6.18. The number of rotatable bonds is 6. The molecule has 5 heteroatoms. The molecule has 2 aromatic rings. The summed E-state index contributed by atoms with van der Waals surface area (Å²) in [5.41, 5.74) is 1.85. The van der Waals surface area contributed by atoms with Gasteiger partial charge in [-0.15, -0.1) is 0 Å². The Labute approximate surface area is 140 Å². The zero-order valence-corrected chi connectivity index (χ0v) is 13.6. The minimum absolute atomic E-state index is 0.161. The maximum absolute atomic E-state index is 12.1. The lowest BCUT2D eigenvalue weighted by atomic mass is 10.1. The van der Waals surface area contributed by atoms with Crippen LogP contribution >= 0.6 is 11.6 Å². The average molecular weight is 332 g/mol. The van der Waals surface area contributed by atoms with Crippen molar-refractivity contribution in [2.24, 2.45) is 0 Å². The predicted octanol–water partition coefficient (Wildman–Crippen LogP) is 4.09. The fourth-order valence-electron chi connectivity index (χ4n) is 1.99. The summed E-state index contributed by atoms with van der Waals surface area (Å²) in [7, 11) is 0. The third-order valence-corrected chi connectivity index (χ3v) is 3.35. The minimum atomic E-state index is -0.388. The SMILES string of the molecule is CCCOC(=O)c1cccc(NC(=O)Cc2ccc(Cl)cc2)c1. The summed E-state index contributed by atoms with van der Waals surface area (Å²) in [6.07, 6.45) is 1.00. The molecule has 0 heterocycles. The van der Waals surface area contributed by atoms with Crippen LogP contribution in [-0.4, -0.2) is 18.5 Å². The van der Waals surface area contributed by atoms with Gasteiger partial charge in [0.15, 0.2) is 0 Å². The average Bonchev–Trinajstić information content (AvgIpc) is 2.55. The van der Waals surface area contributed by atoms with Crippen molar-refractivity contribution in [2.45, 2.75) is 19.8 Å². The highest BCUT2D eigenvalue weighted by molar-refractivity contribution is 6.30. The molecule has 0 spiro atoms. The van der Waals surface area contributed by atoms with Crippen molar-refractivity contribution in [3.05, 3.63) is 64.7 Å². The molecule has 0 atom stereocenters. The van der Waals surface area contributed by atoms with E-state index in [9.17, 15) is 9.59 Å². The van der Waals surface area contributed by atoms with E-state index in [-0.39, 0.29) is 18.3 Å². The summed E-state index contributed by atoms with van der Waals surface area (Å²) in [6.45, 7) is 2.31. The number of halogens is 1. The Balaban J connectivity index is 1.98. The van der Waals surface area contributed by atoms with Crippen molar-refractivity contribution in [1.29, 1.82) is 0 Å². The van der Waals surface area contributed by atoms with E-state index < -0.39 is 0 Å². The lowest BCUT2D eigenvalue weighted by Crippen LogP contribution is -2.15. The Hall–Kier alpha value is -2.33. The fourth-order valence-corrected chi connectivity index (χ4v) is 2.12. The van der Waals surface area contributed by atoms with Gasteiger partial charge in [0.25, 0.3) is 0 Å². The molecule has 2 rings (SSSR count). The molecular weight excluding hydrogens is 314 g/mol. The molecule has 120 valence electrons. The highest BCUT2D eigenvalue weighted by atomic mass is 35.5. The molecule has 0 saturated heterocycles. The number of ether oxygens (including phenoxy) is 1. The van der Waals surface area contributed by atoms with Gasteiger partial charge in [-0.25, -0.2) is 4.79 Å². The molecule has 1 N–H and O–H groups in total. The summed E-state index contributed by atoms with van der Waals surface area (Å²) in [5, 5.41) is 3.41. The lowest BCUT2D eigenvalue weighted by Gasteiger charge is -2.08. The first-order valence-corrected chi connectivity index (χ1v) is 7.77. The number of carbonyl (C=O) groups excluding carboxylic acids is 2. The van der Waals surface area contributed by atoms with E-state index in [2.05, 4.69) is 5.32 Å². The van der Waals surface area contributed by atoms with Gasteiger partial charge in [-0.05, 0) is 42.3 Å². The molecule has 0 aliphatic heterocycles. The molecule has 0 saturated carbocycles. The first kappa shape index (κ1) is 17.0. The Morgan fingerprint density at radius 3 is 2.57 bits per heavy atom. The third-order valence-electron chi connectivity index (χ3n) is 3.10. The highest BCUT2D eigenvalue weighted by Crippen LogP contribution is 2.14. The van der Waals surface area contributed by atoms with Crippen LogP contribution in [0, 0.1) is 0 Å². The molecule has 0 unspecified atom stereocenters. The quantitative estimate of drug-likeness (QED) is 0.811. The predicted molar refractivity (Wildman–Crippen MR) is 90.8 cm³/mol. The summed E-state index contributed by atoms with van der Waals surface area (Å²) >= 11 is 5.82. The van der Waals surface area contributed by atoms with Crippen LogP contribution in [0.4, 0.5) is 5.69 Å². The summed E-state index contributed by atoms with van der Waals surface area (Å²) in [5.74, 6) is -0.549. The molecule has 4 nitrogen and oxygen atoms in total. The van der Waals surface area contributed by atoms with Crippen molar-refractivity contribution in [1.82, 2.24) is 0 Å². The van der Waals surface area contributed by atoms with E-state index in [1.165, 1.54) is 0 Å². The number of carbonyl (C=O) groups is 2. The second-order valence-corrected chi connectivity index (χ2v) is 5.50. The molecule has 0 aromatic heterocycles. The molecule has 0 aliphatic rings. The fraction of sp³-hybridized carbons (Fsp3) is 0.222. The number of amides is 1. The monoisotopic (exact) mass is 331 g/mol. The van der Waals surface area contributed by atoms with Crippen molar-refractivity contribution in [3.8, 4) is 0 Å². The number of esters is 1. The van der Waals surface area contributed by atoms with Gasteiger partial charge in [0.2, 0.25) is 5.91 Å². The topological polar surface area (TPSA) is 55.4 Å². The van der Waals surface area contributed by atoms with Gasteiger partial charge in [-0.3, -0.25) is 4.79 Å². The van der Waals surface area contributed by atoms with Crippen molar-refractivity contribution < 1.29 is 14.3 Å². The maximum atomic E-state index is 12.1. The second kappa shape index (κ2) is 8.34. The molecular formula is C18H18ClNO3. The van der Waals surface area contributed by atoms with Crippen LogP contribution in [0.25, 0.3) is 0 Å². The van der Waals surface area contributed by atoms with Crippen LogP contribution < -0.4 is 5.32 Å². The minimum Gasteiger partial charge on any atom is -0.462 e. The van der Waals surface area contributed by atoms with E-state index in [1.807, 2.05) is 6.92 Å². The first-order chi connectivity index (χ1) is 11.1. The zero-order chi connectivity index (χ0) is 16.7. The van der Waals surface area contributed by atoms with E-state index >= 15 is 0 Å². The number of benzene rings is 2. The van der Waals surface area contributed by atoms with Crippen molar-refractivity contribution in [2.75, 3.05) is 11.9 Å². The zero-order valence-electron chi connectivity index (χ0n) is 12.8. The molecule has 1 amide bonds. The lowest BCUT2D eigenvalue weighted by molar-refractivity contribution is -0.115. The maximum Gasteiger partial charge on any atom is 0.338 e. The normalized spacial score (nSPS) is 10.2. The van der Waals surface area contributed by atoms with Crippen LogP contribution in [0.15, 0.2) is 48.5 Å². The van der Waals surface area contributed by atoms with Crippen LogP contribution in [0.1, 0.15) is 29.3 Å². The molecule has 0 bridgehead atoms. The molecule has 23 heavy (non-hydrogen) atoms. The van der Waals surface area contributed by atoms with Crippen LogP contribution in [0.5, 0.6) is 0 Å². The van der Waals surface area contributed by atoms with E-state index in [0.717, 1.165) is 12.0 Å². The van der Waals surface area contributed by atoms with Gasteiger partial charge in [0.1, 0.15) is 0 Å². The van der Waals surface area contributed by atoms with E-state index in [1.54, 1.807) is 48.5 Å². The van der Waals surface area contributed by atoms with Gasteiger partial charge in [0, 0.05) is 10.7 Å². The highest BCUT2D eigenvalue weighted by Gasteiger charge is 2.09. The van der Waals surface area contributed by atoms with Gasteiger partial charge < -0.3 is 10.1 Å². The first-order valence-electron chi connectivity index (χ1n) is 7.40. The summed E-state index contributed by atoms with van der Waals surface area (Å²) in [6, 6.07) is 13.8. The van der Waals surface area contributed by atoms with Crippen LogP contribution in [0.2, 0.25) is 5.02 Å². The smallest absolute Gasteiger partial charge is 0.338 e. The van der Waals surface area contributed by atoms with Gasteiger partial charge >= 0.3 is 5.97 Å². The number of anilines is 1. The number of hydrogen-bond acceptors (Lipinski definition) is 3. The van der Waals surface area contributed by atoms with E-state index in [0.29, 0.717) is 22.9 Å². The standard InChI is InChI=1S/C18H18ClNO3/c1-2-10-23-18(22)14-4-3-5-16(12-14)20-17(21)11-13-6-8-15(19)9-7-13/h3-9,12H,2,10-11H2,1H3,(H,20,21). The van der Waals surface area contributed by atoms with E-state index in [4.69, 9.17) is 16.3 Å². The van der Waals surface area contributed by atoms with Crippen LogP contribution in [0.3, 0.4) is 0 Å². The largest absolute Gasteiger partial charge is 0.462 e. The van der Waals surface area contributed by atoms with Gasteiger partial charge in [-0.2, -0.15) is 0 Å². The van der Waals surface area contributed by atoms with Gasteiger partial charge in [-0.1, -0.05) is 36.7 Å². The Morgan fingerprint density at radius 1 is 1.13 bits per heavy atom. The van der Waals surface area contributed by atoms with Crippen molar-refractivity contribution >= 4 is 29.2 Å². The molecule has 0 radical (unpaired) electrons. The Bertz CT molecular complexity index is 683. The van der Waals surface area contributed by atoms with Crippen molar-refractivity contribution in [3.63, 3.8) is 0 Å². The second-order valence-electron chi connectivity index (χ2n) is 5.07. The molecule has 0 aliphatic carbocycles. The molecule has 0 fully saturated rings. The summed E-state index contributed by atoms with van der Waals surface area (Å²) < 4.78 is 5.08. The van der Waals surface area contributed by atoms with Gasteiger partial charge in [0.05, 0.1) is 18.6 Å². The third kappa shape index (κ3) is 5.42. The number of nitrogens with one attached hydrogen (secondary N) is 1.